The van der Waals surface area contributed by atoms with Gasteiger partial charge in [0.2, 0.25) is 0 Å². The van der Waals surface area contributed by atoms with E-state index in [1.54, 1.807) is 0 Å². The van der Waals surface area contributed by atoms with Gasteiger partial charge in [-0.05, 0) is 106 Å². The Morgan fingerprint density at radius 2 is 1.17 bits per heavy atom. The molecule has 41 heavy (non-hydrogen) atoms. The van der Waals surface area contributed by atoms with Crippen LogP contribution in [-0.4, -0.2) is 13.2 Å². The van der Waals surface area contributed by atoms with Crippen molar-refractivity contribution in [2.45, 2.75) is 91.9 Å². The SMILES string of the molecule is CCOc1ccc(C)c(/C([S-])=C(/[S-])C2CCCCC2)c1.CCOc1ccc(C)cc1/C([S-])=C(/[S-])C1CCCCC1.[Ni]. The third kappa shape index (κ3) is 10.5. The van der Waals surface area contributed by atoms with Gasteiger partial charge in [-0.2, -0.15) is 9.81 Å². The van der Waals surface area contributed by atoms with Crippen molar-refractivity contribution >= 4 is 60.3 Å². The molecule has 7 heteroatoms. The molecule has 0 unspecified atom stereocenters. The average molecular weight is 672 g/mol. The van der Waals surface area contributed by atoms with Crippen molar-refractivity contribution in [1.29, 1.82) is 0 Å². The van der Waals surface area contributed by atoms with Crippen LogP contribution < -0.4 is 9.47 Å². The van der Waals surface area contributed by atoms with Crippen LogP contribution in [0.3, 0.4) is 0 Å². The summed E-state index contributed by atoms with van der Waals surface area (Å²) >= 11 is 22.7. The van der Waals surface area contributed by atoms with E-state index in [4.69, 9.17) is 60.0 Å². The summed E-state index contributed by atoms with van der Waals surface area (Å²) in [5, 5.41) is 0. The molecular weight excluding hydrogens is 627 g/mol. The number of benzene rings is 2. The van der Waals surface area contributed by atoms with E-state index in [0.717, 1.165) is 42.2 Å². The summed E-state index contributed by atoms with van der Waals surface area (Å²) in [7, 11) is 0. The second kappa shape index (κ2) is 18.5. The van der Waals surface area contributed by atoms with Crippen molar-refractivity contribution in [2.75, 3.05) is 13.2 Å². The number of aryl methyl sites for hydroxylation is 2. The van der Waals surface area contributed by atoms with Gasteiger partial charge in [-0.15, -0.1) is 0 Å². The molecule has 2 aromatic rings. The second-order valence-corrected chi connectivity index (χ2v) is 12.6. The van der Waals surface area contributed by atoms with Gasteiger partial charge < -0.3 is 60.0 Å². The molecule has 0 spiro atoms. The first kappa shape index (κ1) is 36.1. The quantitative estimate of drug-likeness (QED) is 0.204. The Kier molecular flexibility index (Phi) is 16.3. The fraction of sp³-hybridized carbons (Fsp3) is 0.529. The van der Waals surface area contributed by atoms with Crippen LogP contribution in [0.1, 0.15) is 100 Å². The Balaban J connectivity index is 0.000000280. The van der Waals surface area contributed by atoms with Gasteiger partial charge in [0.15, 0.2) is 0 Å². The maximum atomic E-state index is 5.70. The van der Waals surface area contributed by atoms with Crippen molar-refractivity contribution in [3.63, 3.8) is 0 Å². The maximum absolute atomic E-state index is 5.70. The van der Waals surface area contributed by atoms with Crippen molar-refractivity contribution < 1.29 is 26.0 Å². The summed E-state index contributed by atoms with van der Waals surface area (Å²) in [6.45, 7) is 9.46. The van der Waals surface area contributed by atoms with E-state index in [1.165, 1.54) is 75.3 Å². The number of hydrogen-bond acceptors (Lipinski definition) is 6. The first-order valence-electron chi connectivity index (χ1n) is 14.9. The Morgan fingerprint density at radius 1 is 0.659 bits per heavy atom. The molecule has 0 amide bonds. The van der Waals surface area contributed by atoms with Gasteiger partial charge in [0, 0.05) is 16.5 Å². The van der Waals surface area contributed by atoms with E-state index in [0.29, 0.717) is 25.0 Å². The zero-order valence-electron chi connectivity index (χ0n) is 24.9. The summed E-state index contributed by atoms with van der Waals surface area (Å²) < 4.78 is 11.3. The predicted octanol–water partition coefficient (Wildman–Crippen LogP) is 9.47. The molecule has 230 valence electrons. The standard InChI is InChI=1S/2C17H24OS2.Ni/c1-3-18-14-10-9-12(2)15(11-14)17(20)16(19)13-7-5-4-6-8-13;1-3-18-15-10-9-12(2)11-14(15)17(20)16(19)13-7-5-4-6-8-13;/h2*9-11,13,19-20H,3-8H2,1-2H3;/p-4/b2*17-16-;. The molecule has 2 aliphatic rings. The van der Waals surface area contributed by atoms with Gasteiger partial charge in [-0.25, -0.2) is 9.81 Å². The smallest absolute Gasteiger partial charge is 0.124 e. The van der Waals surface area contributed by atoms with Gasteiger partial charge in [-0.1, -0.05) is 56.2 Å². The largest absolute Gasteiger partial charge is 0.785 e. The predicted molar refractivity (Wildman–Crippen MR) is 181 cm³/mol. The van der Waals surface area contributed by atoms with Crippen LogP contribution in [0.4, 0.5) is 0 Å². The van der Waals surface area contributed by atoms with Crippen LogP contribution in [0.5, 0.6) is 11.5 Å². The maximum Gasteiger partial charge on any atom is 0.124 e. The van der Waals surface area contributed by atoms with Gasteiger partial charge in [0.1, 0.15) is 11.5 Å². The monoisotopic (exact) mass is 670 g/mol. The van der Waals surface area contributed by atoms with E-state index in [2.05, 4.69) is 32.0 Å². The van der Waals surface area contributed by atoms with E-state index < -0.39 is 0 Å². The van der Waals surface area contributed by atoms with E-state index in [9.17, 15) is 0 Å². The molecule has 0 saturated heterocycles. The van der Waals surface area contributed by atoms with Crippen LogP contribution >= 0.6 is 0 Å². The fourth-order valence-corrected chi connectivity index (χ4v) is 6.97. The van der Waals surface area contributed by atoms with Crippen LogP contribution in [0.15, 0.2) is 46.2 Å². The number of rotatable bonds is 8. The van der Waals surface area contributed by atoms with Gasteiger partial charge in [0.25, 0.3) is 0 Å². The van der Waals surface area contributed by atoms with Crippen LogP contribution in [0, 0.1) is 25.7 Å². The van der Waals surface area contributed by atoms with Gasteiger partial charge in [0.05, 0.1) is 13.2 Å². The van der Waals surface area contributed by atoms with Crippen molar-refractivity contribution in [3.8, 4) is 11.5 Å². The molecule has 0 bridgehead atoms. The molecule has 0 atom stereocenters. The number of hydrogen-bond donors (Lipinski definition) is 0. The molecule has 2 fully saturated rings. The van der Waals surface area contributed by atoms with E-state index in [-0.39, 0.29) is 16.5 Å². The van der Waals surface area contributed by atoms with Crippen molar-refractivity contribution in [3.05, 3.63) is 68.5 Å². The summed E-state index contributed by atoms with van der Waals surface area (Å²) in [4.78, 5) is 3.62. The van der Waals surface area contributed by atoms with Gasteiger partial charge >= 0.3 is 0 Å². The molecule has 2 aliphatic carbocycles. The third-order valence-corrected chi connectivity index (χ3v) is 10.1. The van der Waals surface area contributed by atoms with Crippen molar-refractivity contribution in [1.82, 2.24) is 0 Å². The second-order valence-electron chi connectivity index (χ2n) is 10.9. The summed E-state index contributed by atoms with van der Waals surface area (Å²) in [6, 6.07) is 12.3. The fourth-order valence-electron chi connectivity index (χ4n) is 5.57. The minimum atomic E-state index is 0. The summed E-state index contributed by atoms with van der Waals surface area (Å²) in [5.41, 5.74) is 4.44. The van der Waals surface area contributed by atoms with Crippen LogP contribution in [0.2, 0.25) is 0 Å². The topological polar surface area (TPSA) is 18.5 Å². The Labute approximate surface area is 281 Å². The first-order chi connectivity index (χ1) is 19.3. The Hall–Kier alpha value is -1.11. The average Bonchev–Trinajstić information content (AvgIpc) is 2.99. The van der Waals surface area contributed by atoms with E-state index >= 15 is 0 Å². The minimum absolute atomic E-state index is 0. The third-order valence-electron chi connectivity index (χ3n) is 7.84. The normalized spacial score (nSPS) is 17.3. The summed E-state index contributed by atoms with van der Waals surface area (Å²) in [5.74, 6) is 2.73. The summed E-state index contributed by atoms with van der Waals surface area (Å²) in [6.07, 6.45) is 12.6. The zero-order chi connectivity index (χ0) is 29.1. The van der Waals surface area contributed by atoms with E-state index in [1.807, 2.05) is 32.0 Å². The molecular formula is C34H44NiO2S4-4. The minimum Gasteiger partial charge on any atom is -0.785 e. The Bertz CT molecular complexity index is 1170. The van der Waals surface area contributed by atoms with Crippen LogP contribution in [-0.2, 0) is 67.0 Å². The van der Waals surface area contributed by atoms with Gasteiger partial charge in [-0.3, -0.25) is 0 Å². The first-order valence-corrected chi connectivity index (χ1v) is 16.5. The number of allylic oxidation sites excluding steroid dienone is 2. The Morgan fingerprint density at radius 3 is 1.68 bits per heavy atom. The molecule has 4 rings (SSSR count). The number of ether oxygens (including phenoxy) is 2. The molecule has 0 aliphatic heterocycles. The molecule has 2 aromatic carbocycles. The van der Waals surface area contributed by atoms with Crippen LogP contribution in [0.25, 0.3) is 9.81 Å². The molecule has 0 aromatic heterocycles. The van der Waals surface area contributed by atoms with Crippen molar-refractivity contribution in [2.24, 2.45) is 11.8 Å². The molecule has 0 radical (unpaired) electrons. The molecule has 2 nitrogen and oxygen atoms in total. The zero-order valence-corrected chi connectivity index (χ0v) is 29.1. The molecule has 0 N–H and O–H groups in total. The molecule has 2 saturated carbocycles. The molecule has 0 heterocycles.